The molecule has 3 aliphatic heterocycles. The summed E-state index contributed by atoms with van der Waals surface area (Å²) in [7, 11) is 0. The molecule has 0 unspecified atom stereocenters. The Labute approximate surface area is 195 Å². The Bertz CT molecular complexity index is 910. The van der Waals surface area contributed by atoms with Crippen molar-refractivity contribution in [2.24, 2.45) is 0 Å². The number of amides is 2. The number of hydrogen-bond acceptors (Lipinski definition) is 7. The van der Waals surface area contributed by atoms with Crippen LogP contribution in [0.4, 0.5) is 10.6 Å². The molecule has 2 atom stereocenters. The second-order valence-electron chi connectivity index (χ2n) is 10.1. The molecule has 9 nitrogen and oxygen atoms in total. The molecule has 3 aliphatic rings. The number of rotatable bonds is 3. The normalized spacial score (nSPS) is 24.1. The molecule has 0 aromatic carbocycles. The van der Waals surface area contributed by atoms with Crippen molar-refractivity contribution < 1.29 is 14.3 Å². The summed E-state index contributed by atoms with van der Waals surface area (Å²) in [6.45, 7) is 10.8. The zero-order valence-corrected chi connectivity index (χ0v) is 19.9. The number of piperazine rings is 1. The third kappa shape index (κ3) is 5.38. The molecule has 1 aromatic rings. The molecule has 0 radical (unpaired) electrons. The minimum absolute atomic E-state index is 0.0528. The molecule has 3 fully saturated rings. The average molecular weight is 455 g/mol. The van der Waals surface area contributed by atoms with E-state index in [0.29, 0.717) is 18.5 Å². The van der Waals surface area contributed by atoms with Crippen LogP contribution >= 0.6 is 0 Å². The predicted molar refractivity (Wildman–Crippen MR) is 124 cm³/mol. The maximum absolute atomic E-state index is 13.3. The highest BCUT2D eigenvalue weighted by molar-refractivity contribution is 5.86. The maximum atomic E-state index is 13.3. The molecule has 2 amide bonds. The number of aromatic nitrogens is 1. The number of nitriles is 1. The van der Waals surface area contributed by atoms with E-state index in [1.54, 1.807) is 17.2 Å². The van der Waals surface area contributed by atoms with Crippen molar-refractivity contribution in [3.8, 4) is 6.07 Å². The van der Waals surface area contributed by atoms with Gasteiger partial charge in [-0.25, -0.2) is 9.78 Å². The second-order valence-corrected chi connectivity index (χ2v) is 10.1. The number of carbonyl (C=O) groups excluding carboxylic acids is 2. The first-order chi connectivity index (χ1) is 15.7. The van der Waals surface area contributed by atoms with Gasteiger partial charge in [-0.1, -0.05) is 0 Å². The summed E-state index contributed by atoms with van der Waals surface area (Å²) < 4.78 is 5.65. The lowest BCUT2D eigenvalue weighted by molar-refractivity contribution is -0.134. The minimum atomic E-state index is -0.604. The predicted octanol–water partition coefficient (Wildman–Crippen LogP) is 2.08. The minimum Gasteiger partial charge on any atom is -0.444 e. The van der Waals surface area contributed by atoms with Crippen LogP contribution in [0.5, 0.6) is 0 Å². The summed E-state index contributed by atoms with van der Waals surface area (Å²) in [5.74, 6) is 0.870. The van der Waals surface area contributed by atoms with Crippen LogP contribution in [0.1, 0.15) is 45.6 Å². The van der Waals surface area contributed by atoms with Gasteiger partial charge in [-0.15, -0.1) is 0 Å². The van der Waals surface area contributed by atoms with Gasteiger partial charge in [0.25, 0.3) is 0 Å². The van der Waals surface area contributed by atoms with Gasteiger partial charge in [0.15, 0.2) is 0 Å². The summed E-state index contributed by atoms with van der Waals surface area (Å²) in [6.07, 6.45) is 3.95. The third-order valence-electron chi connectivity index (χ3n) is 6.64. The zero-order chi connectivity index (χ0) is 23.6. The molecule has 0 spiro atoms. The molecule has 1 aromatic heterocycles. The van der Waals surface area contributed by atoms with Crippen molar-refractivity contribution >= 4 is 17.8 Å². The summed E-state index contributed by atoms with van der Waals surface area (Å²) in [4.78, 5) is 38.8. The van der Waals surface area contributed by atoms with Gasteiger partial charge in [-0.05, 0) is 52.2 Å². The van der Waals surface area contributed by atoms with Gasteiger partial charge < -0.3 is 14.5 Å². The molecule has 3 saturated heterocycles. The van der Waals surface area contributed by atoms with Crippen molar-refractivity contribution in [3.05, 3.63) is 23.9 Å². The lowest BCUT2D eigenvalue weighted by atomic mass is 10.1. The van der Waals surface area contributed by atoms with Crippen LogP contribution < -0.4 is 4.90 Å². The standard InChI is InChI=1S/C24H34N6O3/c1-24(2,3)33-23(32)30-17-19(15-20(30)22(31)29-8-4-5-9-29)27-10-12-28(13-11-27)21-14-18(16-25)6-7-26-21/h6-7,14,19-20H,4-5,8-13,15,17H2,1-3H3/t19-,20-/m0/s1. The monoisotopic (exact) mass is 454 g/mol. The fourth-order valence-electron chi connectivity index (χ4n) is 4.96. The number of hydrogen-bond donors (Lipinski definition) is 0. The van der Waals surface area contributed by atoms with Gasteiger partial charge in [-0.3, -0.25) is 14.6 Å². The summed E-state index contributed by atoms with van der Waals surface area (Å²) >= 11 is 0. The molecule has 0 N–H and O–H groups in total. The van der Waals surface area contributed by atoms with E-state index in [-0.39, 0.29) is 11.9 Å². The Balaban J connectivity index is 1.43. The first kappa shape index (κ1) is 23.3. The molecule has 9 heteroatoms. The van der Waals surface area contributed by atoms with Crippen LogP contribution in [0, 0.1) is 11.3 Å². The lowest BCUT2D eigenvalue weighted by Gasteiger charge is -2.38. The number of pyridine rings is 1. The van der Waals surface area contributed by atoms with Crippen molar-refractivity contribution in [3.63, 3.8) is 0 Å². The van der Waals surface area contributed by atoms with E-state index in [9.17, 15) is 9.59 Å². The molecule has 4 heterocycles. The zero-order valence-electron chi connectivity index (χ0n) is 19.9. The Morgan fingerprint density at radius 1 is 1.12 bits per heavy atom. The highest BCUT2D eigenvalue weighted by atomic mass is 16.6. The fourth-order valence-corrected chi connectivity index (χ4v) is 4.96. The van der Waals surface area contributed by atoms with Crippen LogP contribution in [-0.2, 0) is 9.53 Å². The smallest absolute Gasteiger partial charge is 0.411 e. The van der Waals surface area contributed by atoms with E-state index >= 15 is 0 Å². The van der Waals surface area contributed by atoms with Crippen molar-refractivity contribution in [2.75, 3.05) is 50.7 Å². The largest absolute Gasteiger partial charge is 0.444 e. The van der Waals surface area contributed by atoms with Crippen LogP contribution in [0.3, 0.4) is 0 Å². The Morgan fingerprint density at radius 3 is 2.45 bits per heavy atom. The number of carbonyl (C=O) groups is 2. The van der Waals surface area contributed by atoms with Crippen LogP contribution in [-0.4, -0.2) is 95.2 Å². The topological polar surface area (TPSA) is 93.0 Å². The van der Waals surface area contributed by atoms with E-state index in [2.05, 4.69) is 20.9 Å². The van der Waals surface area contributed by atoms with Gasteiger partial charge in [0.2, 0.25) is 5.91 Å². The van der Waals surface area contributed by atoms with Crippen LogP contribution in [0.15, 0.2) is 18.3 Å². The van der Waals surface area contributed by atoms with Crippen LogP contribution in [0.25, 0.3) is 0 Å². The number of ether oxygens (including phenoxy) is 1. The SMILES string of the molecule is CC(C)(C)OC(=O)N1C[C@@H](N2CCN(c3cc(C#N)ccn3)CC2)C[C@H]1C(=O)N1CCCC1. The van der Waals surface area contributed by atoms with Crippen molar-refractivity contribution in [2.45, 2.75) is 57.7 Å². The molecule has 33 heavy (non-hydrogen) atoms. The number of likely N-dealkylation sites (tertiary alicyclic amines) is 2. The van der Waals surface area contributed by atoms with Gasteiger partial charge >= 0.3 is 6.09 Å². The van der Waals surface area contributed by atoms with E-state index < -0.39 is 17.7 Å². The maximum Gasteiger partial charge on any atom is 0.411 e. The van der Waals surface area contributed by atoms with Crippen LogP contribution in [0.2, 0.25) is 0 Å². The molecule has 0 aliphatic carbocycles. The van der Waals surface area contributed by atoms with Gasteiger partial charge in [0, 0.05) is 58.1 Å². The highest BCUT2D eigenvalue weighted by Gasteiger charge is 2.45. The highest BCUT2D eigenvalue weighted by Crippen LogP contribution is 2.28. The Hall–Kier alpha value is -2.86. The van der Waals surface area contributed by atoms with E-state index in [1.807, 2.05) is 31.7 Å². The summed E-state index contributed by atoms with van der Waals surface area (Å²) in [5.41, 5.74) is 0.00185. The molecular weight excluding hydrogens is 420 g/mol. The Kier molecular flexibility index (Phi) is 6.75. The van der Waals surface area contributed by atoms with Crippen molar-refractivity contribution in [1.29, 1.82) is 5.26 Å². The quantitative estimate of drug-likeness (QED) is 0.690. The molecular formula is C24H34N6O3. The van der Waals surface area contributed by atoms with Crippen molar-refractivity contribution in [1.82, 2.24) is 19.7 Å². The van der Waals surface area contributed by atoms with Gasteiger partial charge in [-0.2, -0.15) is 5.26 Å². The number of anilines is 1. The molecule has 178 valence electrons. The number of nitrogens with zero attached hydrogens (tertiary/aromatic N) is 6. The second kappa shape index (κ2) is 9.56. The Morgan fingerprint density at radius 2 is 1.82 bits per heavy atom. The fraction of sp³-hybridized carbons (Fsp3) is 0.667. The molecule has 0 bridgehead atoms. The first-order valence-electron chi connectivity index (χ1n) is 11.9. The average Bonchev–Trinajstić information content (AvgIpc) is 3.48. The van der Waals surface area contributed by atoms with Gasteiger partial charge in [0.1, 0.15) is 17.5 Å². The van der Waals surface area contributed by atoms with E-state index in [1.165, 1.54) is 0 Å². The lowest BCUT2D eigenvalue weighted by Crippen LogP contribution is -2.51. The molecule has 4 rings (SSSR count). The van der Waals surface area contributed by atoms with E-state index in [4.69, 9.17) is 10.00 Å². The third-order valence-corrected chi connectivity index (χ3v) is 6.64. The molecule has 0 saturated carbocycles. The first-order valence-corrected chi connectivity index (χ1v) is 11.9. The summed E-state index contributed by atoms with van der Waals surface area (Å²) in [5, 5.41) is 9.16. The van der Waals surface area contributed by atoms with E-state index in [0.717, 1.165) is 57.9 Å². The summed E-state index contributed by atoms with van der Waals surface area (Å²) in [6, 6.07) is 5.35. The van der Waals surface area contributed by atoms with Gasteiger partial charge in [0.05, 0.1) is 11.6 Å².